The van der Waals surface area contributed by atoms with Crippen LogP contribution in [0, 0.1) is 0 Å². The molecule has 0 saturated heterocycles. The third-order valence-corrected chi connectivity index (χ3v) is 3.47. The molecule has 2 rings (SSSR count). The van der Waals surface area contributed by atoms with E-state index in [4.69, 9.17) is 5.73 Å². The molecule has 0 aliphatic rings. The van der Waals surface area contributed by atoms with E-state index in [1.54, 1.807) is 0 Å². The topological polar surface area (TPSA) is 69.1 Å². The van der Waals surface area contributed by atoms with Gasteiger partial charge in [-0.25, -0.2) is 0 Å². The van der Waals surface area contributed by atoms with Gasteiger partial charge in [-0.15, -0.1) is 10.2 Å². The van der Waals surface area contributed by atoms with Crippen molar-refractivity contribution in [2.24, 2.45) is 5.73 Å². The van der Waals surface area contributed by atoms with Crippen molar-refractivity contribution >= 4 is 16.3 Å². The quantitative estimate of drug-likeness (QED) is 0.869. The summed E-state index contributed by atoms with van der Waals surface area (Å²) in [4.78, 5) is 0.823. The zero-order chi connectivity index (χ0) is 11.9. The van der Waals surface area contributed by atoms with E-state index in [0.29, 0.717) is 0 Å². The largest absolute Gasteiger partial charge is 0.322 e. The molecule has 0 radical (unpaired) electrons. The highest BCUT2D eigenvalue weighted by Crippen LogP contribution is 2.25. The van der Waals surface area contributed by atoms with Gasteiger partial charge in [-0.2, -0.15) is 9.61 Å². The van der Waals surface area contributed by atoms with Crippen molar-refractivity contribution in [3.05, 3.63) is 10.8 Å². The Bertz CT molecular complexity index is 493. The van der Waals surface area contributed by atoms with Crippen molar-refractivity contribution in [2.75, 3.05) is 0 Å². The summed E-state index contributed by atoms with van der Waals surface area (Å²) in [7, 11) is 0. The Morgan fingerprint density at radius 2 is 2.06 bits per heavy atom. The van der Waals surface area contributed by atoms with E-state index >= 15 is 0 Å². The van der Waals surface area contributed by atoms with E-state index < -0.39 is 0 Å². The molecule has 5 nitrogen and oxygen atoms in total. The highest BCUT2D eigenvalue weighted by atomic mass is 32.1. The van der Waals surface area contributed by atoms with Crippen LogP contribution in [0.25, 0.3) is 4.96 Å². The maximum absolute atomic E-state index is 5.96. The van der Waals surface area contributed by atoms with Gasteiger partial charge < -0.3 is 5.73 Å². The van der Waals surface area contributed by atoms with Crippen LogP contribution >= 0.6 is 11.3 Å². The molecule has 2 aromatic heterocycles. The standard InChI is InChI=1S/C10H17N5S/c1-5-6(11)7-14-15-8(10(2,3)4)12-13-9(15)16-7/h6H,5,11H2,1-4H3. The monoisotopic (exact) mass is 239 g/mol. The fourth-order valence-corrected chi connectivity index (χ4v) is 2.35. The van der Waals surface area contributed by atoms with Gasteiger partial charge in [0.2, 0.25) is 4.96 Å². The molecule has 16 heavy (non-hydrogen) atoms. The lowest BCUT2D eigenvalue weighted by atomic mass is 9.96. The maximum Gasteiger partial charge on any atom is 0.234 e. The third kappa shape index (κ3) is 1.82. The van der Waals surface area contributed by atoms with E-state index in [1.165, 1.54) is 11.3 Å². The molecule has 1 unspecified atom stereocenters. The molecule has 6 heteroatoms. The summed E-state index contributed by atoms with van der Waals surface area (Å²) in [5, 5.41) is 13.7. The fraction of sp³-hybridized carbons (Fsp3) is 0.700. The number of hydrogen-bond acceptors (Lipinski definition) is 5. The number of aromatic nitrogens is 4. The lowest BCUT2D eigenvalue weighted by Crippen LogP contribution is -2.17. The highest BCUT2D eigenvalue weighted by Gasteiger charge is 2.24. The molecule has 2 N–H and O–H groups in total. The Morgan fingerprint density at radius 1 is 1.38 bits per heavy atom. The molecular weight excluding hydrogens is 222 g/mol. The summed E-state index contributed by atoms with van der Waals surface area (Å²) in [6.45, 7) is 8.35. The number of nitrogens with two attached hydrogens (primary N) is 1. The molecule has 88 valence electrons. The van der Waals surface area contributed by atoms with Gasteiger partial charge in [0.1, 0.15) is 5.01 Å². The van der Waals surface area contributed by atoms with Crippen LogP contribution in [0.5, 0.6) is 0 Å². The summed E-state index contributed by atoms with van der Waals surface area (Å²) in [6, 6.07) is -0.000446. The molecule has 1 atom stereocenters. The summed E-state index contributed by atoms with van der Waals surface area (Å²) in [5.41, 5.74) is 5.91. The molecule has 2 aromatic rings. The van der Waals surface area contributed by atoms with E-state index in [-0.39, 0.29) is 11.5 Å². The van der Waals surface area contributed by atoms with Gasteiger partial charge in [0, 0.05) is 5.41 Å². The van der Waals surface area contributed by atoms with Gasteiger partial charge >= 0.3 is 0 Å². The SMILES string of the molecule is CCC(N)c1nn2c(C(C)(C)C)nnc2s1. The Hall–Kier alpha value is -1.01. The van der Waals surface area contributed by atoms with E-state index in [0.717, 1.165) is 22.2 Å². The highest BCUT2D eigenvalue weighted by molar-refractivity contribution is 7.16. The van der Waals surface area contributed by atoms with Crippen LogP contribution in [-0.4, -0.2) is 19.8 Å². The normalized spacial score (nSPS) is 14.6. The van der Waals surface area contributed by atoms with Crippen molar-refractivity contribution in [2.45, 2.75) is 45.6 Å². The first-order valence-electron chi connectivity index (χ1n) is 5.41. The molecule has 0 spiro atoms. The second kappa shape index (κ2) is 3.78. The first-order chi connectivity index (χ1) is 7.43. The Balaban J connectivity index is 2.52. The molecule has 0 amide bonds. The van der Waals surface area contributed by atoms with Crippen molar-refractivity contribution in [1.82, 2.24) is 19.8 Å². The van der Waals surface area contributed by atoms with Crippen LogP contribution in [-0.2, 0) is 5.41 Å². The lowest BCUT2D eigenvalue weighted by Gasteiger charge is -2.13. The Labute approximate surface area is 98.7 Å². The third-order valence-electron chi connectivity index (χ3n) is 2.43. The van der Waals surface area contributed by atoms with Crippen molar-refractivity contribution < 1.29 is 0 Å². The maximum atomic E-state index is 5.96. The molecule has 0 aromatic carbocycles. The Kier molecular flexibility index (Phi) is 2.71. The molecule has 0 saturated carbocycles. The van der Waals surface area contributed by atoms with E-state index in [2.05, 4.69) is 43.0 Å². The fourth-order valence-electron chi connectivity index (χ4n) is 1.42. The average molecular weight is 239 g/mol. The van der Waals surface area contributed by atoms with Crippen LogP contribution in [0.3, 0.4) is 0 Å². The summed E-state index contributed by atoms with van der Waals surface area (Å²) in [6.07, 6.45) is 0.884. The first kappa shape index (κ1) is 11.5. The number of rotatable bonds is 2. The molecule has 0 fully saturated rings. The molecular formula is C10H17N5S. The van der Waals surface area contributed by atoms with Crippen LogP contribution in [0.15, 0.2) is 0 Å². The van der Waals surface area contributed by atoms with Gasteiger partial charge in [-0.1, -0.05) is 39.0 Å². The zero-order valence-corrected chi connectivity index (χ0v) is 10.9. The van der Waals surface area contributed by atoms with Gasteiger partial charge in [-0.05, 0) is 6.42 Å². The van der Waals surface area contributed by atoms with Crippen LogP contribution in [0.2, 0.25) is 0 Å². The predicted octanol–water partition coefficient (Wildman–Crippen LogP) is 1.89. The summed E-state index contributed by atoms with van der Waals surface area (Å²) >= 11 is 1.52. The minimum atomic E-state index is -0.0545. The van der Waals surface area contributed by atoms with Gasteiger partial charge in [0.05, 0.1) is 6.04 Å². The molecule has 0 aliphatic carbocycles. The zero-order valence-electron chi connectivity index (χ0n) is 10.1. The smallest absolute Gasteiger partial charge is 0.234 e. The summed E-state index contributed by atoms with van der Waals surface area (Å²) in [5.74, 6) is 0.883. The number of hydrogen-bond donors (Lipinski definition) is 1. The van der Waals surface area contributed by atoms with E-state index in [1.807, 2.05) is 4.52 Å². The predicted molar refractivity (Wildman–Crippen MR) is 64.6 cm³/mol. The average Bonchev–Trinajstić information content (AvgIpc) is 2.72. The second-order valence-corrected chi connectivity index (χ2v) is 5.91. The van der Waals surface area contributed by atoms with Crippen LogP contribution in [0.1, 0.15) is 51.0 Å². The van der Waals surface area contributed by atoms with Crippen molar-refractivity contribution in [3.8, 4) is 0 Å². The van der Waals surface area contributed by atoms with Gasteiger partial charge in [0.15, 0.2) is 5.82 Å². The number of nitrogens with zero attached hydrogens (tertiary/aromatic N) is 4. The second-order valence-electron chi connectivity index (χ2n) is 4.92. The minimum Gasteiger partial charge on any atom is -0.322 e. The molecule has 0 aliphatic heterocycles. The van der Waals surface area contributed by atoms with Gasteiger partial charge in [-0.3, -0.25) is 0 Å². The van der Waals surface area contributed by atoms with Crippen LogP contribution < -0.4 is 5.73 Å². The first-order valence-corrected chi connectivity index (χ1v) is 6.23. The molecule has 0 bridgehead atoms. The van der Waals surface area contributed by atoms with Crippen molar-refractivity contribution in [3.63, 3.8) is 0 Å². The van der Waals surface area contributed by atoms with Crippen LogP contribution in [0.4, 0.5) is 0 Å². The minimum absolute atomic E-state index is 0.000446. The Morgan fingerprint density at radius 3 is 2.62 bits per heavy atom. The number of fused-ring (bicyclic) bond motifs is 1. The van der Waals surface area contributed by atoms with Crippen molar-refractivity contribution in [1.29, 1.82) is 0 Å². The molecule has 2 heterocycles. The lowest BCUT2D eigenvalue weighted by molar-refractivity contribution is 0.524. The summed E-state index contributed by atoms with van der Waals surface area (Å²) < 4.78 is 1.82. The van der Waals surface area contributed by atoms with E-state index in [9.17, 15) is 0 Å². The van der Waals surface area contributed by atoms with Gasteiger partial charge in [0.25, 0.3) is 0 Å².